The molecule has 0 atom stereocenters. The zero-order valence-electron chi connectivity index (χ0n) is 22.9. The van der Waals surface area contributed by atoms with E-state index in [1.54, 1.807) is 30.3 Å². The quantitative estimate of drug-likeness (QED) is 0.282. The Kier molecular flexibility index (Phi) is 9.32. The smallest absolute Gasteiger partial charge is 0.342 e. The number of thiazole rings is 1. The van der Waals surface area contributed by atoms with Crippen LogP contribution in [0.3, 0.4) is 0 Å². The molecular formula is C29H30FN5O5S2. The molecular weight excluding hydrogens is 581 g/mol. The number of amides is 2. The molecule has 2 amide bonds. The molecule has 1 N–H and O–H groups in total. The molecule has 13 heteroatoms. The SMILES string of the molecule is CNC(=O)N(CCn1c(-c2ccc(N3CCOCC3)cc2)csc1=Nc1cccc(F)c1)OS(=O)(=O)c1ccccc1. The Balaban J connectivity index is 1.47. The molecule has 0 radical (unpaired) electrons. The lowest BCUT2D eigenvalue weighted by Gasteiger charge is -2.29. The number of aromatic nitrogens is 1. The molecule has 1 aromatic heterocycles. The fraction of sp³-hybridized carbons (Fsp3) is 0.241. The summed E-state index contributed by atoms with van der Waals surface area (Å²) in [6.07, 6.45) is 0. The highest BCUT2D eigenvalue weighted by atomic mass is 32.2. The van der Waals surface area contributed by atoms with Crippen molar-refractivity contribution in [3.05, 3.63) is 94.9 Å². The van der Waals surface area contributed by atoms with Gasteiger partial charge >= 0.3 is 16.1 Å². The zero-order chi connectivity index (χ0) is 29.5. The lowest BCUT2D eigenvalue weighted by atomic mass is 10.1. The van der Waals surface area contributed by atoms with Crippen LogP contribution in [0.15, 0.2) is 94.1 Å². The van der Waals surface area contributed by atoms with Crippen LogP contribution in [-0.2, 0) is 25.7 Å². The molecule has 1 fully saturated rings. The number of anilines is 1. The fourth-order valence-corrected chi connectivity index (χ4v) is 6.33. The molecule has 10 nitrogen and oxygen atoms in total. The van der Waals surface area contributed by atoms with Gasteiger partial charge in [0.2, 0.25) is 0 Å². The van der Waals surface area contributed by atoms with E-state index < -0.39 is 22.0 Å². The van der Waals surface area contributed by atoms with Gasteiger partial charge in [0.05, 0.1) is 36.0 Å². The van der Waals surface area contributed by atoms with Crippen LogP contribution in [0.2, 0.25) is 0 Å². The molecule has 4 aromatic rings. The fourth-order valence-electron chi connectivity index (χ4n) is 4.42. The van der Waals surface area contributed by atoms with Gasteiger partial charge in [0, 0.05) is 37.7 Å². The average molecular weight is 612 g/mol. The van der Waals surface area contributed by atoms with Gasteiger partial charge in [0.15, 0.2) is 4.80 Å². The van der Waals surface area contributed by atoms with Crippen LogP contribution in [0.25, 0.3) is 11.3 Å². The minimum absolute atomic E-state index is 0.0788. The van der Waals surface area contributed by atoms with Gasteiger partial charge in [-0.15, -0.1) is 15.6 Å². The van der Waals surface area contributed by atoms with E-state index in [0.29, 0.717) is 23.7 Å². The number of morpholine rings is 1. The van der Waals surface area contributed by atoms with Crippen molar-refractivity contribution in [3.8, 4) is 11.3 Å². The van der Waals surface area contributed by atoms with Gasteiger partial charge < -0.3 is 19.5 Å². The first kappa shape index (κ1) is 29.5. The number of ether oxygens (including phenoxy) is 1. The predicted molar refractivity (Wildman–Crippen MR) is 158 cm³/mol. The normalized spacial score (nSPS) is 14.1. The summed E-state index contributed by atoms with van der Waals surface area (Å²) in [5.41, 5.74) is 3.20. The summed E-state index contributed by atoms with van der Waals surface area (Å²) in [7, 11) is -2.88. The second kappa shape index (κ2) is 13.3. The summed E-state index contributed by atoms with van der Waals surface area (Å²) in [5, 5.41) is 5.12. The lowest BCUT2D eigenvalue weighted by Crippen LogP contribution is -2.42. The topological polar surface area (TPSA) is 105 Å². The summed E-state index contributed by atoms with van der Waals surface area (Å²) in [6.45, 7) is 3.00. The molecule has 0 aliphatic carbocycles. The van der Waals surface area contributed by atoms with Crippen molar-refractivity contribution in [2.75, 3.05) is 44.8 Å². The summed E-state index contributed by atoms with van der Waals surface area (Å²) in [5.74, 6) is -0.413. The third-order valence-corrected chi connectivity index (χ3v) is 8.65. The highest BCUT2D eigenvalue weighted by Crippen LogP contribution is 2.25. The van der Waals surface area contributed by atoms with Crippen LogP contribution >= 0.6 is 11.3 Å². The standard InChI is InChI=1S/C29H30FN5O5S2/c1-31-28(36)35(40-42(37,38)26-8-3-2-4-9-26)15-14-34-27(21-41-29(34)32-24-7-5-6-23(30)20-24)22-10-12-25(13-11-22)33-16-18-39-19-17-33/h2-13,20-21H,14-19H2,1H3,(H,31,36). The largest absolute Gasteiger partial charge is 0.378 e. The number of carbonyl (C=O) groups is 1. The molecule has 1 aliphatic rings. The van der Waals surface area contributed by atoms with E-state index in [4.69, 9.17) is 9.02 Å². The number of hydrogen-bond acceptors (Lipinski definition) is 8. The van der Waals surface area contributed by atoms with E-state index in [-0.39, 0.29) is 18.0 Å². The van der Waals surface area contributed by atoms with Crippen molar-refractivity contribution in [1.29, 1.82) is 0 Å². The Morgan fingerprint density at radius 2 is 1.81 bits per heavy atom. The summed E-state index contributed by atoms with van der Waals surface area (Å²) < 4.78 is 52.3. The molecule has 1 aliphatic heterocycles. The summed E-state index contributed by atoms with van der Waals surface area (Å²) in [6, 6.07) is 20.9. The Bertz CT molecular complexity index is 1690. The Morgan fingerprint density at radius 3 is 2.50 bits per heavy atom. The van der Waals surface area contributed by atoms with Crippen molar-refractivity contribution < 1.29 is 26.6 Å². The number of benzene rings is 3. The van der Waals surface area contributed by atoms with Crippen LogP contribution in [0.5, 0.6) is 0 Å². The molecule has 42 heavy (non-hydrogen) atoms. The summed E-state index contributed by atoms with van der Waals surface area (Å²) in [4.78, 5) is 20.0. The van der Waals surface area contributed by atoms with E-state index in [1.165, 1.54) is 42.6 Å². The Morgan fingerprint density at radius 1 is 1.07 bits per heavy atom. The molecule has 3 aromatic carbocycles. The van der Waals surface area contributed by atoms with E-state index in [1.807, 2.05) is 34.2 Å². The third kappa shape index (κ3) is 7.05. The van der Waals surface area contributed by atoms with Crippen LogP contribution in [0, 0.1) is 5.82 Å². The first-order valence-corrected chi connectivity index (χ1v) is 15.5. The van der Waals surface area contributed by atoms with Crippen molar-refractivity contribution in [2.45, 2.75) is 11.4 Å². The van der Waals surface area contributed by atoms with Gasteiger partial charge in [-0.2, -0.15) is 13.5 Å². The number of carbonyl (C=O) groups excluding carboxylic acids is 1. The second-order valence-corrected chi connectivity index (χ2v) is 11.7. The second-order valence-electron chi connectivity index (χ2n) is 9.29. The van der Waals surface area contributed by atoms with Crippen LogP contribution in [-0.4, -0.2) is 64.0 Å². The molecule has 1 saturated heterocycles. The van der Waals surface area contributed by atoms with Gasteiger partial charge in [-0.3, -0.25) is 0 Å². The van der Waals surface area contributed by atoms with Crippen LogP contribution in [0.1, 0.15) is 0 Å². The summed E-state index contributed by atoms with van der Waals surface area (Å²) >= 11 is 1.35. The zero-order valence-corrected chi connectivity index (χ0v) is 24.5. The molecule has 0 bridgehead atoms. The number of nitrogens with one attached hydrogen (secondary N) is 1. The molecule has 2 heterocycles. The van der Waals surface area contributed by atoms with Crippen molar-refractivity contribution in [3.63, 3.8) is 0 Å². The highest BCUT2D eigenvalue weighted by molar-refractivity contribution is 7.86. The molecule has 0 spiro atoms. The number of rotatable bonds is 9. The maximum atomic E-state index is 13.9. The predicted octanol–water partition coefficient (Wildman–Crippen LogP) is 4.39. The van der Waals surface area contributed by atoms with Crippen LogP contribution < -0.4 is 15.0 Å². The molecule has 0 saturated carbocycles. The van der Waals surface area contributed by atoms with Gasteiger partial charge in [-0.1, -0.05) is 36.4 Å². The number of hydroxylamine groups is 2. The highest BCUT2D eigenvalue weighted by Gasteiger charge is 2.24. The molecule has 0 unspecified atom stereocenters. The first-order valence-electron chi connectivity index (χ1n) is 13.2. The lowest BCUT2D eigenvalue weighted by molar-refractivity contribution is -0.00797. The Hall–Kier alpha value is -4.04. The molecule has 220 valence electrons. The van der Waals surface area contributed by atoms with E-state index in [0.717, 1.165) is 35.1 Å². The minimum Gasteiger partial charge on any atom is -0.378 e. The number of halogens is 1. The number of urea groups is 1. The van der Waals surface area contributed by atoms with Gasteiger partial charge in [0.25, 0.3) is 0 Å². The maximum Gasteiger partial charge on any atom is 0.342 e. The van der Waals surface area contributed by atoms with Crippen molar-refractivity contribution in [2.24, 2.45) is 4.99 Å². The van der Waals surface area contributed by atoms with Gasteiger partial charge in [-0.05, 0) is 48.0 Å². The van der Waals surface area contributed by atoms with Crippen molar-refractivity contribution >= 4 is 38.9 Å². The number of hydrogen-bond donors (Lipinski definition) is 1. The Labute approximate surface area is 247 Å². The third-order valence-electron chi connectivity index (χ3n) is 6.56. The maximum absolute atomic E-state index is 13.9. The van der Waals surface area contributed by atoms with E-state index >= 15 is 0 Å². The van der Waals surface area contributed by atoms with Crippen molar-refractivity contribution in [1.82, 2.24) is 14.9 Å². The molecule has 5 rings (SSSR count). The monoisotopic (exact) mass is 611 g/mol. The van der Waals surface area contributed by atoms with E-state index in [9.17, 15) is 17.6 Å². The van der Waals surface area contributed by atoms with Gasteiger partial charge in [-0.25, -0.2) is 14.2 Å². The van der Waals surface area contributed by atoms with E-state index in [2.05, 4.69) is 15.2 Å². The van der Waals surface area contributed by atoms with Gasteiger partial charge in [0.1, 0.15) is 5.82 Å². The average Bonchev–Trinajstić information content (AvgIpc) is 3.41. The minimum atomic E-state index is -4.27. The number of nitrogens with zero attached hydrogens (tertiary/aromatic N) is 4. The first-order chi connectivity index (χ1) is 20.3. The van der Waals surface area contributed by atoms with Crippen LogP contribution in [0.4, 0.5) is 20.6 Å².